The third-order valence-corrected chi connectivity index (χ3v) is 3.90. The van der Waals surface area contributed by atoms with Crippen molar-refractivity contribution in [2.45, 2.75) is 17.6 Å². The molecule has 9 heavy (non-hydrogen) atoms. The van der Waals surface area contributed by atoms with Gasteiger partial charge >= 0.3 is 0 Å². The number of thioether (sulfide) groups is 1. The summed E-state index contributed by atoms with van der Waals surface area (Å²) in [6.07, 6.45) is 6.80. The molecule has 0 amide bonds. The van der Waals surface area contributed by atoms with E-state index < -0.39 is 5.70 Å². The van der Waals surface area contributed by atoms with Crippen LogP contribution in [-0.4, -0.2) is 10.5 Å². The summed E-state index contributed by atoms with van der Waals surface area (Å²) in [4.78, 5) is 0. The van der Waals surface area contributed by atoms with Gasteiger partial charge in [-0.1, -0.05) is 12.2 Å². The third-order valence-electron chi connectivity index (χ3n) is 2.70. The van der Waals surface area contributed by atoms with Crippen LogP contribution in [0.25, 0.3) is 0 Å². The van der Waals surface area contributed by atoms with E-state index in [1.165, 1.54) is 6.42 Å². The quantitative estimate of drug-likeness (QED) is 0.366. The normalized spacial score (nSPS) is 68.4. The first-order valence-electron chi connectivity index (χ1n) is 4.53. The predicted molar refractivity (Wildman–Crippen MR) is 40.5 cm³/mol. The van der Waals surface area contributed by atoms with Crippen LogP contribution < -0.4 is 0 Å². The monoisotopic (exact) mass is 140 g/mol. The largest absolute Gasteiger partial charge is 0.152 e. The molecule has 3 aliphatic rings. The summed E-state index contributed by atoms with van der Waals surface area (Å²) in [5, 5.41) is 0. The Bertz CT molecular complexity index is 248. The van der Waals surface area contributed by atoms with Gasteiger partial charge in [0.2, 0.25) is 0 Å². The zero-order valence-electron chi connectivity index (χ0n) is 7.13. The van der Waals surface area contributed by atoms with Crippen LogP contribution in [0.3, 0.4) is 0 Å². The fourth-order valence-corrected chi connectivity index (χ4v) is 3.10. The van der Waals surface area contributed by atoms with E-state index in [2.05, 4.69) is 12.2 Å². The highest BCUT2D eigenvalue weighted by atomic mass is 32.2. The molecule has 3 rings (SSSR count). The molecule has 0 aromatic carbocycles. The molecule has 0 nitrogen and oxygen atoms in total. The second-order valence-electron chi connectivity index (χ2n) is 3.28. The van der Waals surface area contributed by atoms with Crippen LogP contribution in [0.5, 0.6) is 0 Å². The van der Waals surface area contributed by atoms with Crippen LogP contribution in [0, 0.1) is 11.8 Å². The van der Waals surface area contributed by atoms with Crippen LogP contribution in [0.1, 0.15) is 15.6 Å². The topological polar surface area (TPSA) is 0 Å². The van der Waals surface area contributed by atoms with Crippen molar-refractivity contribution in [1.29, 1.82) is 0 Å². The highest BCUT2D eigenvalue weighted by Gasteiger charge is 2.56. The minimum Gasteiger partial charge on any atom is -0.152 e. The van der Waals surface area contributed by atoms with E-state index in [1.54, 1.807) is 11.8 Å². The van der Waals surface area contributed by atoms with Crippen LogP contribution in [0.2, 0.25) is 0 Å². The van der Waals surface area contributed by atoms with Gasteiger partial charge in [-0.05, 0) is 24.7 Å². The molecule has 1 saturated carbocycles. The lowest BCUT2D eigenvalue weighted by atomic mass is 9.96. The van der Waals surface area contributed by atoms with E-state index >= 15 is 0 Å². The number of rotatable bonds is 0. The Balaban J connectivity index is 1.99. The Morgan fingerprint density at radius 1 is 1.67 bits per heavy atom. The Labute approximate surface area is 62.5 Å². The van der Waals surface area contributed by atoms with Crippen LogP contribution in [-0.2, 0) is 0 Å². The van der Waals surface area contributed by atoms with Crippen molar-refractivity contribution < 1.29 is 2.74 Å². The van der Waals surface area contributed by atoms with Crippen molar-refractivity contribution in [3.63, 3.8) is 0 Å². The van der Waals surface area contributed by atoms with Gasteiger partial charge in [0.25, 0.3) is 0 Å². The van der Waals surface area contributed by atoms with Gasteiger partial charge in [0.05, 0.1) is 0 Å². The average molecular weight is 140 g/mol. The fraction of sp³-hybridized carbons (Fsp3) is 0.750. The van der Waals surface area contributed by atoms with Crippen LogP contribution in [0.4, 0.5) is 0 Å². The van der Waals surface area contributed by atoms with Crippen molar-refractivity contribution in [2.75, 3.05) is 5.70 Å². The summed E-state index contributed by atoms with van der Waals surface area (Å²) >= 11 is 1.55. The fourth-order valence-electron chi connectivity index (χ4n) is 2.11. The molecule has 0 radical (unpaired) electrons. The molecule has 1 aliphatic heterocycles. The maximum absolute atomic E-state index is 7.64. The van der Waals surface area contributed by atoms with Crippen molar-refractivity contribution in [3.05, 3.63) is 12.2 Å². The molecule has 48 valence electrons. The number of fused-ring (bicyclic) bond motifs is 3. The molecular weight excluding hydrogens is 128 g/mol. The zero-order chi connectivity index (χ0) is 7.69. The molecule has 2 aliphatic carbocycles. The minimum atomic E-state index is -0.906. The molecule has 1 saturated heterocycles. The maximum atomic E-state index is 7.64. The predicted octanol–water partition coefficient (Wildman–Crippen LogP) is 2.07. The van der Waals surface area contributed by atoms with Crippen molar-refractivity contribution in [1.82, 2.24) is 0 Å². The van der Waals surface area contributed by atoms with Gasteiger partial charge in [0, 0.05) is 13.2 Å². The summed E-state index contributed by atoms with van der Waals surface area (Å²) in [6.45, 7) is 0. The van der Waals surface area contributed by atoms with E-state index in [-0.39, 0.29) is 4.75 Å². The lowest BCUT2D eigenvalue weighted by Crippen LogP contribution is -2.14. The molecule has 0 N–H and O–H groups in total. The maximum Gasteiger partial charge on any atom is 0.0395 e. The minimum absolute atomic E-state index is 0.0203. The summed E-state index contributed by atoms with van der Waals surface area (Å²) in [5.41, 5.74) is -0.906. The van der Waals surface area contributed by atoms with Gasteiger partial charge in [-0.2, -0.15) is 11.8 Å². The Kier molecular flexibility index (Phi) is 0.479. The van der Waals surface area contributed by atoms with Gasteiger partial charge in [-0.3, -0.25) is 0 Å². The molecule has 0 aromatic heterocycles. The first-order valence-corrected chi connectivity index (χ1v) is 4.34. The van der Waals surface area contributed by atoms with E-state index in [9.17, 15) is 0 Å². The van der Waals surface area contributed by atoms with Crippen molar-refractivity contribution in [2.24, 2.45) is 11.8 Å². The van der Waals surface area contributed by atoms with Crippen LogP contribution in [0.15, 0.2) is 12.2 Å². The smallest absolute Gasteiger partial charge is 0.0395 e. The third kappa shape index (κ3) is 0.477. The Morgan fingerprint density at radius 3 is 2.89 bits per heavy atom. The molecule has 0 aromatic rings. The summed E-state index contributed by atoms with van der Waals surface area (Å²) in [5.74, 6) is 1.25. The molecular formula is C8H10S. The van der Waals surface area contributed by atoms with Crippen LogP contribution >= 0.6 is 11.8 Å². The van der Waals surface area contributed by atoms with E-state index in [1.807, 2.05) is 0 Å². The van der Waals surface area contributed by atoms with Crippen molar-refractivity contribution >= 4 is 11.8 Å². The highest BCUT2D eigenvalue weighted by molar-refractivity contribution is 8.07. The van der Waals surface area contributed by atoms with E-state index in [0.717, 1.165) is 6.42 Å². The zero-order valence-corrected chi connectivity index (χ0v) is 5.95. The second kappa shape index (κ2) is 1.24. The number of allylic oxidation sites excluding steroid dienone is 2. The number of hydrogen-bond acceptors (Lipinski definition) is 1. The Morgan fingerprint density at radius 2 is 2.56 bits per heavy atom. The van der Waals surface area contributed by atoms with Gasteiger partial charge in [-0.25, -0.2) is 0 Å². The van der Waals surface area contributed by atoms with E-state index in [4.69, 9.17) is 2.74 Å². The first kappa shape index (κ1) is 3.47. The molecule has 2 fully saturated rings. The average Bonchev–Trinajstić information content (AvgIpc) is 2.37. The molecule has 1 heterocycles. The first-order chi connectivity index (χ1) is 5.14. The van der Waals surface area contributed by atoms with E-state index in [0.29, 0.717) is 11.8 Å². The van der Waals surface area contributed by atoms with Gasteiger partial charge in [0.15, 0.2) is 0 Å². The van der Waals surface area contributed by atoms with Gasteiger partial charge in [0.1, 0.15) is 0 Å². The van der Waals surface area contributed by atoms with Crippen molar-refractivity contribution in [3.8, 4) is 0 Å². The lowest BCUT2D eigenvalue weighted by Gasteiger charge is -2.12. The lowest BCUT2D eigenvalue weighted by molar-refractivity contribution is 0.607. The number of hydrogen-bond donors (Lipinski definition) is 0. The summed E-state index contributed by atoms with van der Waals surface area (Å²) in [6, 6.07) is 0. The SMILES string of the molecule is [2H]C1([2H])SC12CC1C=CC2C1. The molecule has 1 heteroatoms. The summed E-state index contributed by atoms with van der Waals surface area (Å²) < 4.78 is 15.3. The second-order valence-corrected chi connectivity index (χ2v) is 4.42. The summed E-state index contributed by atoms with van der Waals surface area (Å²) in [7, 11) is 0. The standard InChI is InChI=1S/C8H10S/c1-2-7-3-6(1)4-8(7)5-9-8/h1-2,6-7H,3-5H2/i5D2. The van der Waals surface area contributed by atoms with Gasteiger partial charge < -0.3 is 0 Å². The molecule has 1 spiro atoms. The Hall–Kier alpha value is 0.0900. The van der Waals surface area contributed by atoms with Gasteiger partial charge in [-0.15, -0.1) is 0 Å². The molecule has 3 unspecified atom stereocenters. The molecule has 3 atom stereocenters. The molecule has 2 bridgehead atoms. The highest BCUT2D eigenvalue weighted by Crippen LogP contribution is 2.63.